The van der Waals surface area contributed by atoms with Crippen molar-refractivity contribution in [3.8, 4) is 0 Å². The molecule has 1 fully saturated rings. The summed E-state index contributed by atoms with van der Waals surface area (Å²) in [6.45, 7) is 1.22. The Balaban J connectivity index is 1.43. The van der Waals surface area contributed by atoms with E-state index in [1.54, 1.807) is 7.05 Å². The molecule has 9 heteroatoms. The number of aromatic nitrogens is 4. The highest BCUT2D eigenvalue weighted by molar-refractivity contribution is 5.95. The zero-order chi connectivity index (χ0) is 18.4. The maximum absolute atomic E-state index is 13.1. The van der Waals surface area contributed by atoms with Gasteiger partial charge >= 0.3 is 0 Å². The topological polar surface area (TPSA) is 67.2 Å². The van der Waals surface area contributed by atoms with E-state index in [1.807, 2.05) is 0 Å². The number of amides is 1. The van der Waals surface area contributed by atoms with Crippen molar-refractivity contribution in [3.05, 3.63) is 34.8 Å². The molecule has 26 heavy (non-hydrogen) atoms. The van der Waals surface area contributed by atoms with Gasteiger partial charge in [0, 0.05) is 33.4 Å². The van der Waals surface area contributed by atoms with Gasteiger partial charge in [0.1, 0.15) is 5.69 Å². The first kappa shape index (κ1) is 16.9. The number of carbonyl (C=O) groups is 1. The number of rotatable bonds is 4. The Morgan fingerprint density at radius 2 is 2.08 bits per heavy atom. The van der Waals surface area contributed by atoms with Crippen LogP contribution in [0.1, 0.15) is 40.2 Å². The zero-order valence-electron chi connectivity index (χ0n) is 14.7. The fraction of sp³-hybridized carbons (Fsp3) is 0.529. The van der Waals surface area contributed by atoms with Gasteiger partial charge in [-0.2, -0.15) is 10.2 Å². The Morgan fingerprint density at radius 3 is 2.81 bits per heavy atom. The fourth-order valence-corrected chi connectivity index (χ4v) is 3.55. The van der Waals surface area contributed by atoms with E-state index in [0.29, 0.717) is 13.1 Å². The van der Waals surface area contributed by atoms with E-state index in [4.69, 9.17) is 0 Å². The number of anilines is 1. The predicted molar refractivity (Wildman–Crippen MR) is 90.3 cm³/mol. The monoisotopic (exact) mass is 362 g/mol. The Bertz CT molecular complexity index is 846. The molecule has 1 aliphatic carbocycles. The van der Waals surface area contributed by atoms with E-state index >= 15 is 0 Å². The van der Waals surface area contributed by atoms with Crippen LogP contribution in [0.5, 0.6) is 0 Å². The van der Waals surface area contributed by atoms with E-state index in [9.17, 15) is 13.6 Å². The molecule has 2 aromatic heterocycles. The average molecular weight is 362 g/mol. The maximum Gasteiger partial charge on any atom is 0.282 e. The quantitative estimate of drug-likeness (QED) is 0.826. The van der Waals surface area contributed by atoms with Crippen molar-refractivity contribution in [3.63, 3.8) is 0 Å². The molecule has 3 heterocycles. The summed E-state index contributed by atoms with van der Waals surface area (Å²) in [5.41, 5.74) is 1.82. The number of hydrogen-bond donors (Lipinski definition) is 0. The lowest BCUT2D eigenvalue weighted by molar-refractivity contribution is 0.0693. The van der Waals surface area contributed by atoms with Gasteiger partial charge in [0.25, 0.3) is 12.3 Å². The summed E-state index contributed by atoms with van der Waals surface area (Å²) in [6, 6.07) is 2.02. The normalized spacial score (nSPS) is 16.7. The molecule has 138 valence electrons. The zero-order valence-corrected chi connectivity index (χ0v) is 14.7. The van der Waals surface area contributed by atoms with Gasteiger partial charge in [-0.15, -0.1) is 5.10 Å². The second kappa shape index (κ2) is 6.30. The third-order valence-electron chi connectivity index (χ3n) is 5.16. The minimum atomic E-state index is -2.77. The highest BCUT2D eigenvalue weighted by atomic mass is 19.3. The van der Waals surface area contributed by atoms with Crippen molar-refractivity contribution in [1.29, 1.82) is 0 Å². The van der Waals surface area contributed by atoms with Crippen LogP contribution in [0.4, 0.5) is 14.6 Å². The third-order valence-corrected chi connectivity index (χ3v) is 5.16. The molecule has 7 nitrogen and oxygen atoms in total. The highest BCUT2D eigenvalue weighted by Gasteiger charge is 2.36. The molecule has 0 unspecified atom stereocenters. The van der Waals surface area contributed by atoms with Crippen LogP contribution in [0.3, 0.4) is 0 Å². The van der Waals surface area contributed by atoms with Crippen molar-refractivity contribution < 1.29 is 13.6 Å². The molecular weight excluding hydrogens is 342 g/mol. The Hall–Kier alpha value is -2.58. The summed E-state index contributed by atoms with van der Waals surface area (Å²) in [5.74, 6) is 0.385. The molecule has 1 aliphatic heterocycles. The number of fused-ring (bicyclic) bond motifs is 1. The summed E-state index contributed by atoms with van der Waals surface area (Å²) in [6.07, 6.45) is 1.71. The van der Waals surface area contributed by atoms with Crippen LogP contribution >= 0.6 is 0 Å². The van der Waals surface area contributed by atoms with Gasteiger partial charge in [-0.25, -0.2) is 8.78 Å². The van der Waals surface area contributed by atoms with Crippen molar-refractivity contribution in [1.82, 2.24) is 24.9 Å². The summed E-state index contributed by atoms with van der Waals surface area (Å²) in [4.78, 5) is 16.2. The first-order chi connectivity index (χ1) is 12.4. The molecule has 0 spiro atoms. The van der Waals surface area contributed by atoms with E-state index in [2.05, 4.69) is 26.3 Å². The van der Waals surface area contributed by atoms with E-state index < -0.39 is 18.0 Å². The minimum Gasteiger partial charge on any atom is -0.351 e. The van der Waals surface area contributed by atoms with E-state index in [-0.39, 0.29) is 11.6 Å². The fourth-order valence-electron chi connectivity index (χ4n) is 3.55. The third kappa shape index (κ3) is 2.81. The predicted octanol–water partition coefficient (Wildman–Crippen LogP) is 1.60. The number of alkyl halides is 2. The largest absolute Gasteiger partial charge is 0.351 e. The van der Waals surface area contributed by atoms with Gasteiger partial charge in [0.05, 0.1) is 17.3 Å². The number of likely N-dealkylation sites (N-methyl/N-ethyl adjacent to an activating group) is 1. The first-order valence-corrected chi connectivity index (χ1v) is 8.63. The summed E-state index contributed by atoms with van der Waals surface area (Å²) < 4.78 is 27.4. The van der Waals surface area contributed by atoms with Crippen molar-refractivity contribution in [2.75, 3.05) is 25.0 Å². The van der Waals surface area contributed by atoms with Crippen LogP contribution in [0.2, 0.25) is 0 Å². The lowest BCUT2D eigenvalue weighted by Crippen LogP contribution is -2.60. The maximum atomic E-state index is 13.1. The lowest BCUT2D eigenvalue weighted by atomic mass is 10.1. The van der Waals surface area contributed by atoms with E-state index in [0.717, 1.165) is 30.8 Å². The van der Waals surface area contributed by atoms with Crippen LogP contribution in [-0.2, 0) is 19.9 Å². The van der Waals surface area contributed by atoms with Crippen LogP contribution in [-0.4, -0.2) is 57.0 Å². The van der Waals surface area contributed by atoms with Crippen molar-refractivity contribution in [2.24, 2.45) is 7.05 Å². The summed E-state index contributed by atoms with van der Waals surface area (Å²) in [5, 5.41) is 12.3. The molecule has 1 saturated heterocycles. The van der Waals surface area contributed by atoms with Gasteiger partial charge in [-0.1, -0.05) is 0 Å². The molecule has 0 bridgehead atoms. The molecule has 2 aromatic rings. The molecule has 0 atom stereocenters. The average Bonchev–Trinajstić information content (AvgIpc) is 3.18. The smallest absolute Gasteiger partial charge is 0.282 e. The Kier molecular flexibility index (Phi) is 4.08. The van der Waals surface area contributed by atoms with Crippen molar-refractivity contribution in [2.45, 2.75) is 31.7 Å². The van der Waals surface area contributed by atoms with Gasteiger partial charge < -0.3 is 9.80 Å². The van der Waals surface area contributed by atoms with Gasteiger partial charge in [-0.3, -0.25) is 9.48 Å². The minimum absolute atomic E-state index is 0.0410. The van der Waals surface area contributed by atoms with Gasteiger partial charge in [0.15, 0.2) is 5.82 Å². The van der Waals surface area contributed by atoms with Crippen molar-refractivity contribution >= 4 is 11.7 Å². The molecule has 1 amide bonds. The number of nitrogens with zero attached hydrogens (tertiary/aromatic N) is 6. The van der Waals surface area contributed by atoms with Crippen LogP contribution in [0, 0.1) is 0 Å². The number of halogens is 2. The number of carbonyl (C=O) groups excluding carboxylic acids is 1. The molecule has 0 saturated carbocycles. The molecule has 0 N–H and O–H groups in total. The highest BCUT2D eigenvalue weighted by Crippen LogP contribution is 2.28. The van der Waals surface area contributed by atoms with Gasteiger partial charge in [-0.05, 0) is 30.9 Å². The van der Waals surface area contributed by atoms with Crippen LogP contribution < -0.4 is 4.90 Å². The second-order valence-corrected chi connectivity index (χ2v) is 6.91. The molecule has 4 rings (SSSR count). The molecule has 0 radical (unpaired) electrons. The summed E-state index contributed by atoms with van der Waals surface area (Å²) in [7, 11) is 3.17. The van der Waals surface area contributed by atoms with E-state index in [1.165, 1.54) is 28.4 Å². The Labute approximate surface area is 149 Å². The SMILES string of the molecule is CN(C(=O)c1cn(C)nc1C(F)F)C1CN(c2cc3c(nn2)CCC3)C1. The standard InChI is InChI=1S/C17H20F2N6O/c1-23-9-12(15(22-23)16(18)19)17(26)24(2)11-7-25(8-11)14-6-10-4-3-5-13(10)20-21-14/h6,9,11,16H,3-5,7-8H2,1-2H3. The van der Waals surface area contributed by atoms with Crippen LogP contribution in [0.25, 0.3) is 0 Å². The van der Waals surface area contributed by atoms with Crippen LogP contribution in [0.15, 0.2) is 12.3 Å². The lowest BCUT2D eigenvalue weighted by Gasteiger charge is -2.44. The first-order valence-electron chi connectivity index (χ1n) is 8.63. The molecular formula is C17H20F2N6O. The number of hydrogen-bond acceptors (Lipinski definition) is 5. The van der Waals surface area contributed by atoms with Gasteiger partial charge in [0.2, 0.25) is 0 Å². The molecule has 0 aromatic carbocycles. The number of aryl methyl sites for hydroxylation is 3. The summed E-state index contributed by atoms with van der Waals surface area (Å²) >= 11 is 0. The molecule has 2 aliphatic rings. The second-order valence-electron chi connectivity index (χ2n) is 6.91. The Morgan fingerprint density at radius 1 is 1.31 bits per heavy atom.